The van der Waals surface area contributed by atoms with Gasteiger partial charge in [-0.05, 0) is 24.3 Å². The first-order valence-electron chi connectivity index (χ1n) is 6.67. The summed E-state index contributed by atoms with van der Waals surface area (Å²) in [5.41, 5.74) is 8.15. The monoisotopic (exact) mass is 328 g/mol. The third-order valence-electron chi connectivity index (χ3n) is 3.22. The van der Waals surface area contributed by atoms with E-state index >= 15 is 0 Å². The molecule has 0 unspecified atom stereocenters. The fourth-order valence-corrected chi connectivity index (χ4v) is 4.97. The highest BCUT2D eigenvalue weighted by Gasteiger charge is 2.22. The zero-order valence-corrected chi connectivity index (χ0v) is 14.0. The van der Waals surface area contributed by atoms with Crippen molar-refractivity contribution in [2.45, 2.75) is 38.3 Å². The van der Waals surface area contributed by atoms with Gasteiger partial charge in [-0.2, -0.15) is 5.10 Å². The molecule has 3 N–H and O–H groups in total. The number of rotatable bonds is 6. The largest absolute Gasteiger partial charge is 0.326 e. The van der Waals surface area contributed by atoms with Crippen LogP contribution in [0.5, 0.6) is 0 Å². The number of nitrogens with one attached hydrogen (secondary N) is 1. The average Bonchev–Trinajstić information content (AvgIpc) is 2.99. The van der Waals surface area contributed by atoms with E-state index in [0.717, 1.165) is 23.2 Å². The van der Waals surface area contributed by atoms with Gasteiger partial charge >= 0.3 is 0 Å². The minimum Gasteiger partial charge on any atom is -0.326 e. The van der Waals surface area contributed by atoms with Gasteiger partial charge in [0, 0.05) is 36.8 Å². The summed E-state index contributed by atoms with van der Waals surface area (Å²) in [7, 11) is -1.73. The average molecular weight is 328 g/mol. The summed E-state index contributed by atoms with van der Waals surface area (Å²) in [6, 6.07) is 0. The van der Waals surface area contributed by atoms with Gasteiger partial charge in [0.15, 0.2) is 0 Å². The van der Waals surface area contributed by atoms with Crippen molar-refractivity contribution in [3.63, 3.8) is 0 Å². The fourth-order valence-electron chi connectivity index (χ4n) is 2.26. The topological polar surface area (TPSA) is 90.0 Å². The molecule has 2 aromatic heterocycles. The Kier molecular flexibility index (Phi) is 4.82. The van der Waals surface area contributed by atoms with Gasteiger partial charge < -0.3 is 5.73 Å². The molecule has 0 aliphatic carbocycles. The summed E-state index contributed by atoms with van der Waals surface area (Å²) in [5.74, 6) is 0. The van der Waals surface area contributed by atoms with Crippen LogP contribution in [0.4, 0.5) is 0 Å². The van der Waals surface area contributed by atoms with Crippen LogP contribution in [0.2, 0.25) is 0 Å². The molecule has 116 valence electrons. The molecule has 0 atom stereocenters. The van der Waals surface area contributed by atoms with E-state index in [1.807, 2.05) is 25.5 Å². The Balaban J connectivity index is 2.24. The van der Waals surface area contributed by atoms with Crippen molar-refractivity contribution < 1.29 is 8.42 Å². The molecule has 0 saturated heterocycles. The molecule has 0 bridgehead atoms. The first-order valence-corrected chi connectivity index (χ1v) is 9.03. The minimum absolute atomic E-state index is 0.224. The summed E-state index contributed by atoms with van der Waals surface area (Å²) in [6.07, 6.45) is 2.61. The first kappa shape index (κ1) is 16.2. The van der Waals surface area contributed by atoms with Crippen LogP contribution in [0, 0.1) is 6.92 Å². The van der Waals surface area contributed by atoms with Gasteiger partial charge in [0.05, 0.1) is 5.69 Å². The standard InChI is InChI=1S/C13H20N4O2S2/c1-4-11-10(7-17(3)16-11)6-15-21(18,19)13-9(2)8-20-12(13)5-14/h7-8,15H,4-6,14H2,1-3H3. The van der Waals surface area contributed by atoms with E-state index in [1.165, 1.54) is 11.3 Å². The quantitative estimate of drug-likeness (QED) is 0.836. The Bertz CT molecular complexity index is 731. The molecule has 0 aliphatic heterocycles. The van der Waals surface area contributed by atoms with E-state index in [2.05, 4.69) is 9.82 Å². The predicted octanol–water partition coefficient (Wildman–Crippen LogP) is 1.29. The van der Waals surface area contributed by atoms with Gasteiger partial charge in [0.25, 0.3) is 0 Å². The van der Waals surface area contributed by atoms with Crippen molar-refractivity contribution in [2.75, 3.05) is 0 Å². The molecule has 0 amide bonds. The van der Waals surface area contributed by atoms with Gasteiger partial charge in [-0.15, -0.1) is 11.3 Å². The van der Waals surface area contributed by atoms with Crippen LogP contribution >= 0.6 is 11.3 Å². The van der Waals surface area contributed by atoms with E-state index < -0.39 is 10.0 Å². The molecule has 0 radical (unpaired) electrons. The molecule has 2 rings (SSSR count). The molecule has 2 aromatic rings. The van der Waals surface area contributed by atoms with E-state index in [1.54, 1.807) is 11.6 Å². The summed E-state index contributed by atoms with van der Waals surface area (Å²) < 4.78 is 29.3. The second-order valence-corrected chi connectivity index (χ2v) is 7.50. The van der Waals surface area contributed by atoms with Crippen molar-refractivity contribution in [3.8, 4) is 0 Å². The van der Waals surface area contributed by atoms with Crippen LogP contribution in [-0.2, 0) is 36.6 Å². The Morgan fingerprint density at radius 1 is 1.48 bits per heavy atom. The van der Waals surface area contributed by atoms with Crippen molar-refractivity contribution in [3.05, 3.63) is 33.3 Å². The Morgan fingerprint density at radius 2 is 2.19 bits per heavy atom. The van der Waals surface area contributed by atoms with Crippen LogP contribution in [0.25, 0.3) is 0 Å². The SMILES string of the molecule is CCc1nn(C)cc1CNS(=O)(=O)c1c(C)csc1CN. The second-order valence-electron chi connectivity index (χ2n) is 4.83. The number of sulfonamides is 1. The van der Waals surface area contributed by atoms with Crippen molar-refractivity contribution in [2.24, 2.45) is 12.8 Å². The summed E-state index contributed by atoms with van der Waals surface area (Å²) >= 11 is 1.38. The summed E-state index contributed by atoms with van der Waals surface area (Å²) in [6.45, 7) is 4.24. The zero-order valence-electron chi connectivity index (χ0n) is 12.4. The third-order valence-corrected chi connectivity index (χ3v) is 6.11. The molecular formula is C13H20N4O2S2. The second kappa shape index (κ2) is 6.27. The van der Waals surface area contributed by atoms with Crippen LogP contribution < -0.4 is 10.5 Å². The normalized spacial score (nSPS) is 12.0. The third kappa shape index (κ3) is 3.34. The fraction of sp³-hybridized carbons (Fsp3) is 0.462. The molecule has 0 aliphatic rings. The number of aromatic nitrogens is 2. The lowest BCUT2D eigenvalue weighted by atomic mass is 10.2. The Labute approximate surface area is 129 Å². The van der Waals surface area contributed by atoms with Crippen LogP contribution in [0.3, 0.4) is 0 Å². The van der Waals surface area contributed by atoms with E-state index in [9.17, 15) is 8.42 Å². The highest BCUT2D eigenvalue weighted by molar-refractivity contribution is 7.89. The van der Waals surface area contributed by atoms with E-state index in [4.69, 9.17) is 5.73 Å². The number of aryl methyl sites for hydroxylation is 3. The van der Waals surface area contributed by atoms with Gasteiger partial charge in [0.2, 0.25) is 10.0 Å². The molecule has 0 saturated carbocycles. The highest BCUT2D eigenvalue weighted by atomic mass is 32.2. The van der Waals surface area contributed by atoms with Crippen LogP contribution in [0.15, 0.2) is 16.5 Å². The number of hydrogen-bond acceptors (Lipinski definition) is 5. The Hall–Kier alpha value is -1.22. The maximum atomic E-state index is 12.5. The number of thiophene rings is 1. The predicted molar refractivity (Wildman–Crippen MR) is 83.6 cm³/mol. The van der Waals surface area contributed by atoms with Crippen LogP contribution in [-0.4, -0.2) is 18.2 Å². The maximum Gasteiger partial charge on any atom is 0.242 e. The van der Waals surface area contributed by atoms with Crippen molar-refractivity contribution >= 4 is 21.4 Å². The van der Waals surface area contributed by atoms with E-state index in [0.29, 0.717) is 9.77 Å². The van der Waals surface area contributed by atoms with Gasteiger partial charge in [0.1, 0.15) is 4.90 Å². The minimum atomic E-state index is -3.56. The van der Waals surface area contributed by atoms with Crippen molar-refractivity contribution in [1.82, 2.24) is 14.5 Å². The first-order chi connectivity index (χ1) is 9.89. The molecule has 0 aromatic carbocycles. The molecule has 0 spiro atoms. The van der Waals surface area contributed by atoms with Crippen molar-refractivity contribution in [1.29, 1.82) is 0 Å². The number of hydrogen-bond donors (Lipinski definition) is 2. The zero-order chi connectivity index (χ0) is 15.6. The summed E-state index contributed by atoms with van der Waals surface area (Å²) in [5, 5.41) is 6.13. The smallest absolute Gasteiger partial charge is 0.242 e. The number of nitrogens with two attached hydrogens (primary N) is 1. The molecular weight excluding hydrogens is 308 g/mol. The molecule has 8 heteroatoms. The Morgan fingerprint density at radius 3 is 2.81 bits per heavy atom. The lowest BCUT2D eigenvalue weighted by molar-refractivity contribution is 0.580. The summed E-state index contributed by atoms with van der Waals surface area (Å²) in [4.78, 5) is 0.999. The molecule has 2 heterocycles. The lowest BCUT2D eigenvalue weighted by Crippen LogP contribution is -2.25. The van der Waals surface area contributed by atoms with Gasteiger partial charge in [-0.1, -0.05) is 6.92 Å². The van der Waals surface area contributed by atoms with Gasteiger partial charge in [-0.25, -0.2) is 13.1 Å². The van der Waals surface area contributed by atoms with Crippen LogP contribution in [0.1, 0.15) is 28.6 Å². The highest BCUT2D eigenvalue weighted by Crippen LogP contribution is 2.26. The molecule has 0 fully saturated rings. The number of nitrogens with zero attached hydrogens (tertiary/aromatic N) is 2. The maximum absolute atomic E-state index is 12.5. The lowest BCUT2D eigenvalue weighted by Gasteiger charge is -2.08. The molecule has 21 heavy (non-hydrogen) atoms. The van der Waals surface area contributed by atoms with Gasteiger partial charge in [-0.3, -0.25) is 4.68 Å². The van der Waals surface area contributed by atoms with E-state index in [-0.39, 0.29) is 13.1 Å². The molecule has 6 nitrogen and oxygen atoms in total.